The zero-order valence-corrected chi connectivity index (χ0v) is 30.5. The molecule has 3 N–H and O–H groups in total. The van der Waals surface area contributed by atoms with Gasteiger partial charge < -0.3 is 24.8 Å². The van der Waals surface area contributed by atoms with E-state index in [1.54, 1.807) is 12.2 Å². The molecule has 1 rings (SSSR count). The van der Waals surface area contributed by atoms with E-state index in [4.69, 9.17) is 9.47 Å². The van der Waals surface area contributed by atoms with Crippen LogP contribution in [0.2, 0.25) is 0 Å². The number of allylic oxidation sites excluding steroid dienone is 3. The second kappa shape index (κ2) is 29.8. The molecule has 1 fully saturated rings. The second-order valence-corrected chi connectivity index (χ2v) is 13.8. The van der Waals surface area contributed by atoms with E-state index in [1.165, 1.54) is 70.6 Å². The summed E-state index contributed by atoms with van der Waals surface area (Å²) in [6.45, 7) is 3.81. The normalized spacial score (nSPS) is 19.4. The van der Waals surface area contributed by atoms with Gasteiger partial charge in [-0.15, -0.1) is 0 Å². The Balaban J connectivity index is 2.13. The number of rotatable bonds is 31. The van der Waals surface area contributed by atoms with Crippen molar-refractivity contribution in [2.45, 2.75) is 186 Å². The van der Waals surface area contributed by atoms with Gasteiger partial charge >= 0.3 is 11.9 Å². The zero-order chi connectivity index (χ0) is 35.2. The first-order valence-electron chi connectivity index (χ1n) is 19.5. The number of Topliss-reactive ketones (excluding diaryl/α,β-unsaturated/α-hetero) is 1. The van der Waals surface area contributed by atoms with Crippen LogP contribution in [-0.4, -0.2) is 64.6 Å². The summed E-state index contributed by atoms with van der Waals surface area (Å²) in [5.41, 5.74) is 0. The maximum Gasteiger partial charge on any atom is 0.306 e. The zero-order valence-electron chi connectivity index (χ0n) is 30.5. The molecule has 5 atom stereocenters. The molecule has 8 nitrogen and oxygen atoms in total. The largest absolute Gasteiger partial charge is 0.462 e. The molecular formula is C40H70O8. The standard InChI is InChI=1S/C40H70O8/c1-3-5-7-8-9-10-11-12-13-14-15-16-17-22-26-39(45)47-32-34(31-41)48-40(46)27-23-19-18-21-25-35-36(38(44)30-37(35)43)29-28-33(42)24-20-6-4-2/h18,21,28-29,33-37,41-43H,3-17,19-20,22-27,30-32H2,1-2H3/b21-18-,29-28+/t33-,34-,35+,36+,37-/m0/s1. The molecule has 278 valence electrons. The highest BCUT2D eigenvalue weighted by atomic mass is 16.6. The predicted molar refractivity (Wildman–Crippen MR) is 192 cm³/mol. The Morgan fingerprint density at radius 3 is 1.96 bits per heavy atom. The van der Waals surface area contributed by atoms with E-state index in [9.17, 15) is 29.7 Å². The van der Waals surface area contributed by atoms with Gasteiger partial charge in [-0.25, -0.2) is 0 Å². The number of hydrogen-bond acceptors (Lipinski definition) is 8. The number of ether oxygens (including phenoxy) is 2. The van der Waals surface area contributed by atoms with E-state index >= 15 is 0 Å². The summed E-state index contributed by atoms with van der Waals surface area (Å²) in [5, 5.41) is 30.1. The van der Waals surface area contributed by atoms with Crippen molar-refractivity contribution in [2.75, 3.05) is 13.2 Å². The quantitative estimate of drug-likeness (QED) is 0.0378. The first kappa shape index (κ1) is 44.0. The van der Waals surface area contributed by atoms with Crippen LogP contribution in [0.5, 0.6) is 0 Å². The Morgan fingerprint density at radius 1 is 0.792 bits per heavy atom. The van der Waals surface area contributed by atoms with E-state index < -0.39 is 36.8 Å². The maximum absolute atomic E-state index is 12.4. The lowest BCUT2D eigenvalue weighted by Crippen LogP contribution is -2.28. The highest BCUT2D eigenvalue weighted by molar-refractivity contribution is 5.86. The average molecular weight is 679 g/mol. The number of hydrogen-bond donors (Lipinski definition) is 3. The van der Waals surface area contributed by atoms with Crippen LogP contribution in [0, 0.1) is 11.8 Å². The summed E-state index contributed by atoms with van der Waals surface area (Å²) in [4.78, 5) is 36.8. The van der Waals surface area contributed by atoms with E-state index in [0.717, 1.165) is 38.5 Å². The Labute approximate surface area is 292 Å². The van der Waals surface area contributed by atoms with Gasteiger partial charge in [-0.3, -0.25) is 14.4 Å². The van der Waals surface area contributed by atoms with E-state index in [-0.39, 0.29) is 37.1 Å². The number of unbranched alkanes of at least 4 members (excludes halogenated alkanes) is 16. The lowest BCUT2D eigenvalue weighted by molar-refractivity contribution is -0.161. The Kier molecular flexibility index (Phi) is 27.4. The summed E-state index contributed by atoms with van der Waals surface area (Å²) in [6.07, 6.45) is 28.8. The van der Waals surface area contributed by atoms with Gasteiger partial charge in [-0.05, 0) is 32.1 Å². The van der Waals surface area contributed by atoms with Crippen molar-refractivity contribution in [1.29, 1.82) is 0 Å². The van der Waals surface area contributed by atoms with E-state index in [1.807, 2.05) is 12.2 Å². The van der Waals surface area contributed by atoms with Crippen molar-refractivity contribution in [3.05, 3.63) is 24.3 Å². The molecule has 0 unspecified atom stereocenters. The van der Waals surface area contributed by atoms with Crippen LogP contribution in [0.1, 0.15) is 168 Å². The van der Waals surface area contributed by atoms with Crippen molar-refractivity contribution in [3.63, 3.8) is 0 Å². The van der Waals surface area contributed by atoms with Gasteiger partial charge in [-0.1, -0.05) is 141 Å². The fourth-order valence-corrected chi connectivity index (χ4v) is 6.30. The van der Waals surface area contributed by atoms with Crippen LogP contribution < -0.4 is 0 Å². The number of carbonyl (C=O) groups is 3. The van der Waals surface area contributed by atoms with Crippen LogP contribution in [0.4, 0.5) is 0 Å². The van der Waals surface area contributed by atoms with Crippen LogP contribution in [0.15, 0.2) is 24.3 Å². The third-order valence-corrected chi connectivity index (χ3v) is 9.37. The molecule has 0 aliphatic heterocycles. The molecule has 1 saturated carbocycles. The monoisotopic (exact) mass is 679 g/mol. The van der Waals surface area contributed by atoms with Crippen molar-refractivity contribution < 1.29 is 39.2 Å². The first-order chi connectivity index (χ1) is 23.3. The minimum Gasteiger partial charge on any atom is -0.462 e. The molecule has 1 aliphatic rings. The molecule has 0 saturated heterocycles. The van der Waals surface area contributed by atoms with E-state index in [0.29, 0.717) is 32.1 Å². The summed E-state index contributed by atoms with van der Waals surface area (Å²) >= 11 is 0. The Morgan fingerprint density at radius 2 is 1.35 bits per heavy atom. The fraction of sp³-hybridized carbons (Fsp3) is 0.825. The van der Waals surface area contributed by atoms with Gasteiger partial charge in [0.15, 0.2) is 6.10 Å². The molecule has 0 bridgehead atoms. The number of esters is 2. The van der Waals surface area contributed by atoms with Gasteiger partial charge in [0.05, 0.1) is 18.8 Å². The molecule has 48 heavy (non-hydrogen) atoms. The van der Waals surface area contributed by atoms with Gasteiger partial charge in [0.2, 0.25) is 0 Å². The molecule has 0 radical (unpaired) electrons. The second-order valence-electron chi connectivity index (χ2n) is 13.8. The smallest absolute Gasteiger partial charge is 0.306 e. The van der Waals surface area contributed by atoms with Crippen molar-refractivity contribution in [2.24, 2.45) is 11.8 Å². The predicted octanol–water partition coefficient (Wildman–Crippen LogP) is 8.49. The van der Waals surface area contributed by atoms with E-state index in [2.05, 4.69) is 13.8 Å². The third kappa shape index (κ3) is 22.6. The molecule has 0 aromatic carbocycles. The number of aliphatic hydroxyl groups is 3. The molecule has 0 spiro atoms. The average Bonchev–Trinajstić information content (AvgIpc) is 3.34. The SMILES string of the molecule is CCCCCCCCCCCCCCCCC(=O)OC[C@H](CO)OC(=O)CCC/C=C\C[C@H]1[C@@H](O)CC(=O)[C@@H]1/C=C/[C@@H](O)CCCCC. The van der Waals surface area contributed by atoms with Gasteiger partial charge in [0.25, 0.3) is 0 Å². The molecule has 0 heterocycles. The van der Waals surface area contributed by atoms with Gasteiger partial charge in [0, 0.05) is 31.1 Å². The number of carbonyl (C=O) groups excluding carboxylic acids is 3. The lowest BCUT2D eigenvalue weighted by atomic mass is 9.90. The molecule has 0 aromatic heterocycles. The van der Waals surface area contributed by atoms with Gasteiger partial charge in [0.1, 0.15) is 12.4 Å². The minimum absolute atomic E-state index is 0.000386. The lowest BCUT2D eigenvalue weighted by Gasteiger charge is -2.17. The molecule has 0 amide bonds. The van der Waals surface area contributed by atoms with Crippen molar-refractivity contribution >= 4 is 17.7 Å². The van der Waals surface area contributed by atoms with Gasteiger partial charge in [-0.2, -0.15) is 0 Å². The number of aliphatic hydroxyl groups excluding tert-OH is 3. The molecule has 1 aliphatic carbocycles. The highest BCUT2D eigenvalue weighted by Crippen LogP contribution is 2.33. The Bertz CT molecular complexity index is 884. The fourth-order valence-electron chi connectivity index (χ4n) is 6.30. The van der Waals surface area contributed by atoms with Crippen molar-refractivity contribution in [3.8, 4) is 0 Å². The van der Waals surface area contributed by atoms with Crippen LogP contribution in [0.3, 0.4) is 0 Å². The van der Waals surface area contributed by atoms with Crippen LogP contribution in [0.25, 0.3) is 0 Å². The topological polar surface area (TPSA) is 130 Å². The first-order valence-corrected chi connectivity index (χ1v) is 19.5. The van der Waals surface area contributed by atoms with Crippen molar-refractivity contribution in [1.82, 2.24) is 0 Å². The summed E-state index contributed by atoms with van der Waals surface area (Å²) in [5.74, 6) is -1.41. The summed E-state index contributed by atoms with van der Waals surface area (Å²) in [6, 6.07) is 0. The Hall–Kier alpha value is -2.03. The molecular weight excluding hydrogens is 608 g/mol. The third-order valence-electron chi connectivity index (χ3n) is 9.37. The van der Waals surface area contributed by atoms with Crippen LogP contribution >= 0.6 is 0 Å². The molecule has 0 aromatic rings. The summed E-state index contributed by atoms with van der Waals surface area (Å²) < 4.78 is 10.5. The molecule has 8 heteroatoms. The van der Waals surface area contributed by atoms with Crippen LogP contribution in [-0.2, 0) is 23.9 Å². The number of ketones is 1. The highest BCUT2D eigenvalue weighted by Gasteiger charge is 2.39. The maximum atomic E-state index is 12.4. The minimum atomic E-state index is -0.870. The summed E-state index contributed by atoms with van der Waals surface area (Å²) in [7, 11) is 0.